The van der Waals surface area contributed by atoms with Crippen LogP contribution >= 0.6 is 0 Å². The van der Waals surface area contributed by atoms with Gasteiger partial charge in [0.15, 0.2) is 6.61 Å². The van der Waals surface area contributed by atoms with E-state index in [0.717, 1.165) is 17.7 Å². The highest BCUT2D eigenvalue weighted by Crippen LogP contribution is 2.40. The Kier molecular flexibility index (Phi) is 6.48. The van der Waals surface area contributed by atoms with E-state index in [1.54, 1.807) is 42.5 Å². The van der Waals surface area contributed by atoms with Gasteiger partial charge in [0.05, 0.1) is 23.1 Å². The van der Waals surface area contributed by atoms with E-state index >= 15 is 0 Å². The van der Waals surface area contributed by atoms with Gasteiger partial charge in [0, 0.05) is 5.56 Å². The number of amides is 4. The molecule has 2 atom stereocenters. The Balaban J connectivity index is 1.33. The van der Waals surface area contributed by atoms with Crippen molar-refractivity contribution in [2.75, 3.05) is 11.5 Å². The summed E-state index contributed by atoms with van der Waals surface area (Å²) in [6.45, 7) is -0.621. The SMILES string of the molecule is O=C(COC(=O)c1cccc(N2C(=O)[C@H]3CCCC[C@H]3C2=O)c1)NNC(=O)c1ccccc1. The van der Waals surface area contributed by atoms with Crippen molar-refractivity contribution in [3.63, 3.8) is 0 Å². The Morgan fingerprint density at radius 1 is 0.848 bits per heavy atom. The second-order valence-electron chi connectivity index (χ2n) is 8.00. The highest BCUT2D eigenvalue weighted by molar-refractivity contribution is 6.22. The van der Waals surface area contributed by atoms with Crippen molar-refractivity contribution in [3.8, 4) is 0 Å². The molecule has 33 heavy (non-hydrogen) atoms. The fraction of sp³-hybridized carbons (Fsp3) is 0.292. The van der Waals surface area contributed by atoms with E-state index in [-0.39, 0.29) is 29.2 Å². The summed E-state index contributed by atoms with van der Waals surface area (Å²) >= 11 is 0. The molecule has 1 aliphatic carbocycles. The van der Waals surface area contributed by atoms with Crippen molar-refractivity contribution < 1.29 is 28.7 Å². The average molecular weight is 449 g/mol. The molecule has 1 aliphatic heterocycles. The molecule has 1 saturated carbocycles. The molecule has 2 N–H and O–H groups in total. The topological polar surface area (TPSA) is 122 Å². The predicted octanol–water partition coefficient (Wildman–Crippen LogP) is 1.98. The lowest BCUT2D eigenvalue weighted by molar-refractivity contribution is -0.125. The second kappa shape index (κ2) is 9.64. The van der Waals surface area contributed by atoms with Crippen LogP contribution in [0.25, 0.3) is 0 Å². The molecule has 4 rings (SSSR count). The number of ether oxygens (including phenoxy) is 1. The fourth-order valence-corrected chi connectivity index (χ4v) is 4.23. The molecule has 4 amide bonds. The number of nitrogens with zero attached hydrogens (tertiary/aromatic N) is 1. The second-order valence-corrected chi connectivity index (χ2v) is 8.00. The maximum absolute atomic E-state index is 12.8. The fourth-order valence-electron chi connectivity index (χ4n) is 4.23. The predicted molar refractivity (Wildman–Crippen MR) is 117 cm³/mol. The standard InChI is InChI=1S/C24H23N3O6/c28-20(25-26-21(29)15-7-2-1-3-8-15)14-33-24(32)16-9-6-10-17(13-16)27-22(30)18-11-4-5-12-19(18)23(27)31/h1-3,6-10,13,18-19H,4-5,11-12,14H2,(H,25,28)(H,26,29)/t18-,19+. The van der Waals surface area contributed by atoms with Crippen LogP contribution in [0.15, 0.2) is 54.6 Å². The van der Waals surface area contributed by atoms with E-state index in [1.807, 2.05) is 0 Å². The number of hydrazine groups is 1. The van der Waals surface area contributed by atoms with Crippen molar-refractivity contribution in [2.24, 2.45) is 11.8 Å². The van der Waals surface area contributed by atoms with Gasteiger partial charge in [-0.2, -0.15) is 0 Å². The molecule has 0 unspecified atom stereocenters. The molecule has 2 aliphatic rings. The van der Waals surface area contributed by atoms with Crippen molar-refractivity contribution in [1.29, 1.82) is 0 Å². The molecule has 9 heteroatoms. The van der Waals surface area contributed by atoms with Crippen molar-refractivity contribution in [3.05, 3.63) is 65.7 Å². The largest absolute Gasteiger partial charge is 0.452 e. The molecule has 0 bridgehead atoms. The maximum atomic E-state index is 12.8. The van der Waals surface area contributed by atoms with E-state index in [4.69, 9.17) is 4.74 Å². The number of rotatable bonds is 5. The van der Waals surface area contributed by atoms with Crippen LogP contribution in [0, 0.1) is 11.8 Å². The summed E-state index contributed by atoms with van der Waals surface area (Å²) in [6, 6.07) is 14.3. The highest BCUT2D eigenvalue weighted by Gasteiger charge is 2.48. The third-order valence-electron chi connectivity index (χ3n) is 5.87. The van der Waals surface area contributed by atoms with E-state index < -0.39 is 24.4 Å². The molecule has 0 radical (unpaired) electrons. The Labute approximate surface area is 190 Å². The Bertz CT molecular complexity index is 1080. The lowest BCUT2D eigenvalue weighted by atomic mass is 9.81. The number of hydrogen-bond donors (Lipinski definition) is 2. The number of benzene rings is 2. The maximum Gasteiger partial charge on any atom is 0.338 e. The van der Waals surface area contributed by atoms with Gasteiger partial charge in [0.1, 0.15) is 0 Å². The summed E-state index contributed by atoms with van der Waals surface area (Å²) in [5.41, 5.74) is 5.17. The number of esters is 1. The summed E-state index contributed by atoms with van der Waals surface area (Å²) in [6.07, 6.45) is 3.25. The number of carbonyl (C=O) groups excluding carboxylic acids is 5. The minimum Gasteiger partial charge on any atom is -0.452 e. The van der Waals surface area contributed by atoms with Gasteiger partial charge in [-0.1, -0.05) is 37.1 Å². The van der Waals surface area contributed by atoms with Crippen LogP contribution in [0.4, 0.5) is 5.69 Å². The zero-order valence-corrected chi connectivity index (χ0v) is 17.8. The van der Waals surface area contributed by atoms with Crippen LogP contribution in [-0.2, 0) is 19.1 Å². The van der Waals surface area contributed by atoms with Gasteiger partial charge in [-0.25, -0.2) is 4.79 Å². The summed E-state index contributed by atoms with van der Waals surface area (Å²) in [4.78, 5) is 63.0. The molecule has 1 heterocycles. The minimum absolute atomic E-state index is 0.101. The van der Waals surface area contributed by atoms with Crippen LogP contribution in [0.2, 0.25) is 0 Å². The number of imide groups is 1. The first-order chi connectivity index (χ1) is 16.0. The first-order valence-corrected chi connectivity index (χ1v) is 10.7. The Morgan fingerprint density at radius 3 is 2.15 bits per heavy atom. The summed E-state index contributed by atoms with van der Waals surface area (Å²) in [7, 11) is 0. The Morgan fingerprint density at radius 2 is 1.48 bits per heavy atom. The normalized spacial score (nSPS) is 19.6. The smallest absolute Gasteiger partial charge is 0.338 e. The third kappa shape index (κ3) is 4.77. The van der Waals surface area contributed by atoms with Crippen LogP contribution in [-0.4, -0.2) is 36.2 Å². The van der Waals surface area contributed by atoms with Gasteiger partial charge in [-0.15, -0.1) is 0 Å². The van der Waals surface area contributed by atoms with Crippen molar-refractivity contribution in [1.82, 2.24) is 10.9 Å². The number of anilines is 1. The number of carbonyl (C=O) groups is 5. The van der Waals surface area contributed by atoms with Gasteiger partial charge < -0.3 is 4.74 Å². The average Bonchev–Trinajstić information content (AvgIpc) is 3.11. The van der Waals surface area contributed by atoms with Gasteiger partial charge in [0.25, 0.3) is 11.8 Å². The van der Waals surface area contributed by atoms with Gasteiger partial charge in [-0.05, 0) is 43.2 Å². The minimum atomic E-state index is -0.794. The quantitative estimate of drug-likeness (QED) is 0.409. The van der Waals surface area contributed by atoms with Crippen molar-refractivity contribution in [2.45, 2.75) is 25.7 Å². The molecule has 0 spiro atoms. The van der Waals surface area contributed by atoms with E-state index in [0.29, 0.717) is 24.1 Å². The molecular formula is C24H23N3O6. The molecule has 170 valence electrons. The zero-order valence-electron chi connectivity index (χ0n) is 17.8. The molecule has 2 fully saturated rings. The molecule has 0 aromatic heterocycles. The molecule has 2 aromatic carbocycles. The molecule has 2 aromatic rings. The summed E-state index contributed by atoms with van der Waals surface area (Å²) in [5.74, 6) is -3.08. The monoisotopic (exact) mass is 449 g/mol. The van der Waals surface area contributed by atoms with Gasteiger partial charge in [-0.3, -0.25) is 34.9 Å². The molecule has 1 saturated heterocycles. The van der Waals surface area contributed by atoms with Crippen LogP contribution in [0.5, 0.6) is 0 Å². The highest BCUT2D eigenvalue weighted by atomic mass is 16.5. The van der Waals surface area contributed by atoms with Crippen molar-refractivity contribution >= 4 is 35.3 Å². The van der Waals surface area contributed by atoms with E-state index in [2.05, 4.69) is 10.9 Å². The molecule has 9 nitrogen and oxygen atoms in total. The number of nitrogens with one attached hydrogen (secondary N) is 2. The van der Waals surface area contributed by atoms with E-state index in [1.165, 1.54) is 12.1 Å². The first-order valence-electron chi connectivity index (χ1n) is 10.7. The lowest BCUT2D eigenvalue weighted by Crippen LogP contribution is -2.43. The van der Waals surface area contributed by atoms with Gasteiger partial charge >= 0.3 is 5.97 Å². The lowest BCUT2D eigenvalue weighted by Gasteiger charge is -2.19. The zero-order chi connectivity index (χ0) is 23.4. The molecular weight excluding hydrogens is 426 g/mol. The number of fused-ring (bicyclic) bond motifs is 1. The van der Waals surface area contributed by atoms with Crippen LogP contribution in [0.3, 0.4) is 0 Å². The number of hydrogen-bond acceptors (Lipinski definition) is 6. The van der Waals surface area contributed by atoms with Crippen LogP contribution in [0.1, 0.15) is 46.4 Å². The van der Waals surface area contributed by atoms with E-state index in [9.17, 15) is 24.0 Å². The first kappa shape index (κ1) is 22.2. The van der Waals surface area contributed by atoms with Gasteiger partial charge in [0.2, 0.25) is 11.8 Å². The summed E-state index contributed by atoms with van der Waals surface area (Å²) in [5, 5.41) is 0. The Hall–Kier alpha value is -4.01. The third-order valence-corrected chi connectivity index (χ3v) is 5.87. The van der Waals surface area contributed by atoms with Crippen LogP contribution < -0.4 is 15.8 Å². The summed E-state index contributed by atoms with van der Waals surface area (Å²) < 4.78 is 5.00.